The van der Waals surface area contributed by atoms with Crippen LogP contribution in [0.15, 0.2) is 4.99 Å². The Balaban J connectivity index is 0.00000484. The minimum absolute atomic E-state index is 0. The van der Waals surface area contributed by atoms with Crippen LogP contribution in [-0.4, -0.2) is 56.8 Å². The number of nitrogens with two attached hydrogens (primary N) is 1. The largest absolute Gasteiger partial charge is 0.379 e. The van der Waals surface area contributed by atoms with Gasteiger partial charge in [0.2, 0.25) is 0 Å². The van der Waals surface area contributed by atoms with Crippen LogP contribution in [0.4, 0.5) is 0 Å². The second-order valence-electron chi connectivity index (χ2n) is 6.12. The Morgan fingerprint density at radius 1 is 1.04 bits per heavy atom. The maximum absolute atomic E-state index is 5.88. The van der Waals surface area contributed by atoms with Gasteiger partial charge < -0.3 is 15.8 Å². The number of morpholine rings is 1. The Bertz CT molecular complexity index is 284. The van der Waals surface area contributed by atoms with E-state index in [0.29, 0.717) is 5.96 Å². The molecule has 1 aliphatic rings. The lowest BCUT2D eigenvalue weighted by molar-refractivity contribution is 0.0377. The smallest absolute Gasteiger partial charge is 0.188 e. The lowest BCUT2D eigenvalue weighted by Crippen LogP contribution is -2.37. The summed E-state index contributed by atoms with van der Waals surface area (Å²) in [5.74, 6) is 0.605. The van der Waals surface area contributed by atoms with Crippen LogP contribution in [0.2, 0.25) is 0 Å². The number of aliphatic imine (C=N–C) groups is 1. The predicted octanol–water partition coefficient (Wildman–Crippen LogP) is 2.98. The molecule has 0 atom stereocenters. The van der Waals surface area contributed by atoms with Crippen molar-refractivity contribution in [2.45, 2.75) is 58.3 Å². The summed E-state index contributed by atoms with van der Waals surface area (Å²) in [6.07, 6.45) is 10.4. The normalized spacial score (nSPS) is 16.1. The molecule has 0 spiro atoms. The van der Waals surface area contributed by atoms with E-state index in [2.05, 4.69) is 22.1 Å². The van der Waals surface area contributed by atoms with Crippen molar-refractivity contribution in [1.82, 2.24) is 10.2 Å². The number of guanidine groups is 1. The lowest BCUT2D eigenvalue weighted by atomic mass is 10.1. The molecule has 0 unspecified atom stereocenters. The molecule has 6 heteroatoms. The van der Waals surface area contributed by atoms with Crippen molar-refractivity contribution < 1.29 is 4.74 Å². The molecule has 0 aromatic rings. The third kappa shape index (κ3) is 14.0. The van der Waals surface area contributed by atoms with Crippen molar-refractivity contribution >= 4 is 29.9 Å². The van der Waals surface area contributed by atoms with Crippen molar-refractivity contribution in [1.29, 1.82) is 0 Å². The van der Waals surface area contributed by atoms with E-state index in [1.807, 2.05) is 0 Å². The van der Waals surface area contributed by atoms with Crippen molar-refractivity contribution in [2.24, 2.45) is 10.7 Å². The minimum atomic E-state index is 0. The fourth-order valence-corrected chi connectivity index (χ4v) is 2.67. The zero-order valence-corrected chi connectivity index (χ0v) is 17.2. The first-order chi connectivity index (χ1) is 10.8. The second kappa shape index (κ2) is 16.8. The number of nitrogens with zero attached hydrogens (tertiary/aromatic N) is 2. The summed E-state index contributed by atoms with van der Waals surface area (Å²) in [7, 11) is 0. The van der Waals surface area contributed by atoms with Crippen LogP contribution in [0.25, 0.3) is 0 Å². The van der Waals surface area contributed by atoms with Gasteiger partial charge in [-0.25, -0.2) is 0 Å². The van der Waals surface area contributed by atoms with Crippen molar-refractivity contribution in [3.05, 3.63) is 0 Å². The second-order valence-corrected chi connectivity index (χ2v) is 6.12. The topological polar surface area (TPSA) is 62.9 Å². The van der Waals surface area contributed by atoms with E-state index in [0.717, 1.165) is 52.4 Å². The molecule has 1 fully saturated rings. The number of halogens is 1. The van der Waals surface area contributed by atoms with E-state index in [1.165, 1.54) is 44.9 Å². The first-order valence-corrected chi connectivity index (χ1v) is 9.17. The Hall–Kier alpha value is -0.0800. The lowest BCUT2D eigenvalue weighted by Gasteiger charge is -2.26. The molecule has 0 amide bonds. The Kier molecular flexibility index (Phi) is 16.7. The number of unbranched alkanes of at least 4 members (excludes halogenated alkanes) is 6. The van der Waals surface area contributed by atoms with Crippen LogP contribution in [0, 0.1) is 0 Å². The molecule has 1 heterocycles. The summed E-state index contributed by atoms with van der Waals surface area (Å²) in [5, 5.41) is 3.22. The number of hydrogen-bond acceptors (Lipinski definition) is 3. The molecule has 0 aromatic heterocycles. The Morgan fingerprint density at radius 2 is 1.70 bits per heavy atom. The van der Waals surface area contributed by atoms with Gasteiger partial charge in [0.05, 0.1) is 13.2 Å². The van der Waals surface area contributed by atoms with Gasteiger partial charge in [0.25, 0.3) is 0 Å². The van der Waals surface area contributed by atoms with Crippen LogP contribution in [0.5, 0.6) is 0 Å². The maximum Gasteiger partial charge on any atom is 0.188 e. The highest BCUT2D eigenvalue weighted by molar-refractivity contribution is 14.0. The number of rotatable bonds is 12. The zero-order valence-electron chi connectivity index (χ0n) is 14.9. The summed E-state index contributed by atoms with van der Waals surface area (Å²) < 4.78 is 5.34. The minimum Gasteiger partial charge on any atom is -0.379 e. The molecular formula is C17H37IN4O. The van der Waals surface area contributed by atoms with Crippen molar-refractivity contribution in [3.63, 3.8) is 0 Å². The van der Waals surface area contributed by atoms with Gasteiger partial charge in [-0.1, -0.05) is 45.4 Å². The van der Waals surface area contributed by atoms with E-state index in [-0.39, 0.29) is 24.0 Å². The molecule has 0 aliphatic carbocycles. The molecule has 138 valence electrons. The Morgan fingerprint density at radius 3 is 2.39 bits per heavy atom. The molecule has 0 bridgehead atoms. The van der Waals surface area contributed by atoms with E-state index in [9.17, 15) is 0 Å². The predicted molar refractivity (Wildman–Crippen MR) is 110 cm³/mol. The van der Waals surface area contributed by atoms with Crippen molar-refractivity contribution in [3.8, 4) is 0 Å². The van der Waals surface area contributed by atoms with Gasteiger partial charge in [-0.05, 0) is 12.8 Å². The SMILES string of the molecule is CCCCCCCCCNC(N)=NCCCN1CCOCC1.I. The highest BCUT2D eigenvalue weighted by atomic mass is 127. The van der Waals surface area contributed by atoms with Crippen molar-refractivity contribution in [2.75, 3.05) is 45.9 Å². The molecule has 1 saturated heterocycles. The summed E-state index contributed by atoms with van der Waals surface area (Å²) in [5.41, 5.74) is 5.88. The van der Waals surface area contributed by atoms with Gasteiger partial charge >= 0.3 is 0 Å². The average Bonchev–Trinajstić information content (AvgIpc) is 2.55. The summed E-state index contributed by atoms with van der Waals surface area (Å²) in [4.78, 5) is 6.82. The molecule has 0 radical (unpaired) electrons. The monoisotopic (exact) mass is 440 g/mol. The molecule has 0 aromatic carbocycles. The van der Waals surface area contributed by atoms with Gasteiger partial charge in [-0.15, -0.1) is 24.0 Å². The highest BCUT2D eigenvalue weighted by Gasteiger charge is 2.08. The molecular weight excluding hydrogens is 403 g/mol. The van der Waals surface area contributed by atoms with Crippen LogP contribution >= 0.6 is 24.0 Å². The molecule has 3 N–H and O–H groups in total. The fraction of sp³-hybridized carbons (Fsp3) is 0.941. The van der Waals surface area contributed by atoms with E-state index >= 15 is 0 Å². The van der Waals surface area contributed by atoms with Gasteiger partial charge in [0.15, 0.2) is 5.96 Å². The van der Waals surface area contributed by atoms with Crippen LogP contribution < -0.4 is 11.1 Å². The molecule has 5 nitrogen and oxygen atoms in total. The number of hydrogen-bond donors (Lipinski definition) is 2. The number of ether oxygens (including phenoxy) is 1. The standard InChI is InChI=1S/C17H36N4O.HI/c1-2-3-4-5-6-7-8-10-19-17(18)20-11-9-12-21-13-15-22-16-14-21;/h2-16H2,1H3,(H3,18,19,20);1H. The number of nitrogens with one attached hydrogen (secondary N) is 1. The first kappa shape index (κ1) is 22.9. The van der Waals surface area contributed by atoms with Crippen LogP contribution in [-0.2, 0) is 4.74 Å². The Labute approximate surface area is 159 Å². The molecule has 0 saturated carbocycles. The molecule has 23 heavy (non-hydrogen) atoms. The van der Waals surface area contributed by atoms with Gasteiger partial charge in [0.1, 0.15) is 0 Å². The van der Waals surface area contributed by atoms with Crippen LogP contribution in [0.3, 0.4) is 0 Å². The summed E-state index contributed by atoms with van der Waals surface area (Å²) in [6, 6.07) is 0. The quantitative estimate of drug-likeness (QED) is 0.212. The van der Waals surface area contributed by atoms with E-state index < -0.39 is 0 Å². The zero-order chi connectivity index (χ0) is 15.9. The van der Waals surface area contributed by atoms with Crippen LogP contribution in [0.1, 0.15) is 58.3 Å². The highest BCUT2D eigenvalue weighted by Crippen LogP contribution is 2.06. The summed E-state index contributed by atoms with van der Waals surface area (Å²) >= 11 is 0. The van der Waals surface area contributed by atoms with Gasteiger partial charge in [-0.2, -0.15) is 0 Å². The molecule has 1 rings (SSSR count). The first-order valence-electron chi connectivity index (χ1n) is 9.17. The third-order valence-electron chi connectivity index (χ3n) is 4.10. The molecule has 1 aliphatic heterocycles. The van der Waals surface area contributed by atoms with Gasteiger partial charge in [0, 0.05) is 32.7 Å². The van der Waals surface area contributed by atoms with Gasteiger partial charge in [-0.3, -0.25) is 9.89 Å². The van der Waals surface area contributed by atoms with E-state index in [1.54, 1.807) is 0 Å². The third-order valence-corrected chi connectivity index (χ3v) is 4.10. The average molecular weight is 440 g/mol. The summed E-state index contributed by atoms with van der Waals surface area (Å²) in [6.45, 7) is 8.95. The van der Waals surface area contributed by atoms with E-state index in [4.69, 9.17) is 10.5 Å². The maximum atomic E-state index is 5.88. The fourth-order valence-electron chi connectivity index (χ4n) is 2.67.